The molecular weight excluding hydrogens is 325 g/mol. The summed E-state index contributed by atoms with van der Waals surface area (Å²) in [5, 5.41) is 4.02. The Morgan fingerprint density at radius 3 is 2.64 bits per heavy atom. The van der Waals surface area contributed by atoms with Gasteiger partial charge in [0, 0.05) is 23.2 Å². The number of nitrogens with zero attached hydrogens (tertiary/aromatic N) is 3. The molecule has 25 heavy (non-hydrogen) atoms. The molecule has 0 amide bonds. The summed E-state index contributed by atoms with van der Waals surface area (Å²) in [4.78, 5) is 8.89. The maximum absolute atomic E-state index is 14.2. The quantitative estimate of drug-likeness (QED) is 0.825. The van der Waals surface area contributed by atoms with Crippen LogP contribution < -0.4 is 4.74 Å². The van der Waals surface area contributed by atoms with Crippen LogP contribution in [0.4, 0.5) is 4.39 Å². The van der Waals surface area contributed by atoms with Gasteiger partial charge in [-0.1, -0.05) is 25.9 Å². The van der Waals surface area contributed by atoms with Crippen LogP contribution in [0.15, 0.2) is 16.8 Å². The molecule has 0 unspecified atom stereocenters. The van der Waals surface area contributed by atoms with Crippen LogP contribution in [0.25, 0.3) is 11.5 Å². The third-order valence-electron chi connectivity index (χ3n) is 4.42. The maximum Gasteiger partial charge on any atom is 0.232 e. The van der Waals surface area contributed by atoms with Crippen molar-refractivity contribution in [2.75, 3.05) is 19.8 Å². The van der Waals surface area contributed by atoms with Crippen molar-refractivity contribution in [3.63, 3.8) is 0 Å². The second-order valence-electron chi connectivity index (χ2n) is 7.99. The van der Waals surface area contributed by atoms with E-state index in [1.165, 1.54) is 0 Å². The SMILES string of the molecule is CC(C)(C)c1nc(-c2cc(OCC3(F)COC3)c(C3CC3)cn2)no1. The molecule has 2 aromatic heterocycles. The fourth-order valence-electron chi connectivity index (χ4n) is 2.64. The molecule has 0 aromatic carbocycles. The molecule has 0 bridgehead atoms. The minimum absolute atomic E-state index is 0.0182. The Hall–Kier alpha value is -2.02. The molecule has 4 rings (SSSR count). The molecule has 6 nitrogen and oxygen atoms in total. The van der Waals surface area contributed by atoms with Gasteiger partial charge in [-0.3, -0.25) is 4.98 Å². The smallest absolute Gasteiger partial charge is 0.232 e. The van der Waals surface area contributed by atoms with Crippen molar-refractivity contribution < 1.29 is 18.4 Å². The number of aromatic nitrogens is 3. The average molecular weight is 347 g/mol. The van der Waals surface area contributed by atoms with Gasteiger partial charge in [-0.05, 0) is 18.8 Å². The lowest BCUT2D eigenvalue weighted by Gasteiger charge is -2.33. The van der Waals surface area contributed by atoms with Gasteiger partial charge in [0.25, 0.3) is 0 Å². The van der Waals surface area contributed by atoms with Gasteiger partial charge in [0.1, 0.15) is 18.1 Å². The van der Waals surface area contributed by atoms with Crippen molar-refractivity contribution in [2.24, 2.45) is 0 Å². The van der Waals surface area contributed by atoms with Crippen molar-refractivity contribution in [1.82, 2.24) is 15.1 Å². The summed E-state index contributed by atoms with van der Waals surface area (Å²) < 4.78 is 30.3. The Balaban J connectivity index is 1.60. The van der Waals surface area contributed by atoms with Crippen LogP contribution in [0.1, 0.15) is 51.0 Å². The van der Waals surface area contributed by atoms with Crippen molar-refractivity contribution in [2.45, 2.75) is 50.6 Å². The molecule has 3 heterocycles. The maximum atomic E-state index is 14.2. The van der Waals surface area contributed by atoms with E-state index in [2.05, 4.69) is 15.1 Å². The van der Waals surface area contributed by atoms with E-state index in [9.17, 15) is 4.39 Å². The second kappa shape index (κ2) is 5.76. The van der Waals surface area contributed by atoms with E-state index in [0.29, 0.717) is 29.1 Å². The highest BCUT2D eigenvalue weighted by Crippen LogP contribution is 2.45. The summed E-state index contributed by atoms with van der Waals surface area (Å²) in [6, 6.07) is 1.79. The van der Waals surface area contributed by atoms with Crippen LogP contribution in [0, 0.1) is 0 Å². The largest absolute Gasteiger partial charge is 0.490 e. The first-order valence-electron chi connectivity index (χ1n) is 8.58. The summed E-state index contributed by atoms with van der Waals surface area (Å²) in [7, 11) is 0. The molecule has 0 N–H and O–H groups in total. The first-order valence-corrected chi connectivity index (χ1v) is 8.58. The first-order chi connectivity index (χ1) is 11.8. The monoisotopic (exact) mass is 347 g/mol. The highest BCUT2D eigenvalue weighted by Gasteiger charge is 2.40. The van der Waals surface area contributed by atoms with Crippen LogP contribution >= 0.6 is 0 Å². The van der Waals surface area contributed by atoms with Crippen molar-refractivity contribution in [3.05, 3.63) is 23.7 Å². The number of ether oxygens (including phenoxy) is 2. The van der Waals surface area contributed by atoms with E-state index >= 15 is 0 Å². The van der Waals surface area contributed by atoms with Crippen LogP contribution in [-0.2, 0) is 10.2 Å². The molecule has 0 spiro atoms. The predicted octanol–water partition coefficient (Wildman–Crippen LogP) is 3.42. The lowest BCUT2D eigenvalue weighted by atomic mass is 9.97. The zero-order valence-electron chi connectivity index (χ0n) is 14.7. The molecule has 1 saturated carbocycles. The van der Waals surface area contributed by atoms with Crippen LogP contribution in [0.5, 0.6) is 5.75 Å². The number of halogens is 1. The Bertz CT molecular complexity index is 776. The summed E-state index contributed by atoms with van der Waals surface area (Å²) >= 11 is 0. The van der Waals surface area contributed by atoms with Crippen molar-refractivity contribution >= 4 is 0 Å². The zero-order valence-corrected chi connectivity index (χ0v) is 14.7. The van der Waals surface area contributed by atoms with Gasteiger partial charge in [-0.2, -0.15) is 4.98 Å². The summed E-state index contributed by atoms with van der Waals surface area (Å²) in [6.07, 6.45) is 4.01. The van der Waals surface area contributed by atoms with Gasteiger partial charge < -0.3 is 14.0 Å². The van der Waals surface area contributed by atoms with E-state index in [-0.39, 0.29) is 25.2 Å². The lowest BCUT2D eigenvalue weighted by Crippen LogP contribution is -2.50. The van der Waals surface area contributed by atoms with E-state index in [1.807, 2.05) is 20.8 Å². The molecular formula is C18H22FN3O3. The van der Waals surface area contributed by atoms with Crippen LogP contribution in [0.2, 0.25) is 0 Å². The first kappa shape index (κ1) is 16.4. The molecule has 7 heteroatoms. The molecule has 134 valence electrons. The highest BCUT2D eigenvalue weighted by molar-refractivity contribution is 5.54. The number of pyridine rings is 1. The molecule has 2 fully saturated rings. The third-order valence-corrected chi connectivity index (χ3v) is 4.42. The van der Waals surface area contributed by atoms with Gasteiger partial charge in [-0.25, -0.2) is 4.39 Å². The Morgan fingerprint density at radius 2 is 2.08 bits per heavy atom. The fourth-order valence-corrected chi connectivity index (χ4v) is 2.64. The molecule has 2 aromatic rings. The normalized spacial score (nSPS) is 19.5. The van der Waals surface area contributed by atoms with Gasteiger partial charge in [0.2, 0.25) is 11.7 Å². The van der Waals surface area contributed by atoms with E-state index in [4.69, 9.17) is 14.0 Å². The molecule has 2 aliphatic rings. The molecule has 1 aliphatic heterocycles. The van der Waals surface area contributed by atoms with Gasteiger partial charge >= 0.3 is 0 Å². The van der Waals surface area contributed by atoms with Crippen LogP contribution in [-0.4, -0.2) is 40.6 Å². The van der Waals surface area contributed by atoms with E-state index in [0.717, 1.165) is 18.4 Å². The second-order valence-corrected chi connectivity index (χ2v) is 7.99. The average Bonchev–Trinajstić information content (AvgIpc) is 3.25. The van der Waals surface area contributed by atoms with Gasteiger partial charge in [0.15, 0.2) is 5.67 Å². The minimum atomic E-state index is -1.39. The number of alkyl halides is 1. The molecule has 1 saturated heterocycles. The van der Waals surface area contributed by atoms with E-state index < -0.39 is 5.67 Å². The fraction of sp³-hybridized carbons (Fsp3) is 0.611. The topological polar surface area (TPSA) is 70.3 Å². The third kappa shape index (κ3) is 3.38. The zero-order chi connectivity index (χ0) is 17.7. The summed E-state index contributed by atoms with van der Waals surface area (Å²) in [5.41, 5.74) is -0.0392. The number of hydrogen-bond acceptors (Lipinski definition) is 6. The minimum Gasteiger partial charge on any atom is -0.490 e. The van der Waals surface area contributed by atoms with Gasteiger partial charge in [0.05, 0.1) is 13.2 Å². The summed E-state index contributed by atoms with van der Waals surface area (Å²) in [5.74, 6) is 2.06. The predicted molar refractivity (Wildman–Crippen MR) is 88.4 cm³/mol. The Morgan fingerprint density at radius 1 is 1.32 bits per heavy atom. The van der Waals surface area contributed by atoms with Crippen molar-refractivity contribution in [1.29, 1.82) is 0 Å². The molecule has 0 radical (unpaired) electrons. The highest BCUT2D eigenvalue weighted by atomic mass is 19.1. The number of hydrogen-bond donors (Lipinski definition) is 0. The Labute approximate surface area is 145 Å². The summed E-state index contributed by atoms with van der Waals surface area (Å²) in [6.45, 7) is 6.17. The number of rotatable bonds is 5. The molecule has 0 atom stereocenters. The lowest BCUT2D eigenvalue weighted by molar-refractivity contribution is -0.146. The Kier molecular flexibility index (Phi) is 3.79. The molecule has 1 aliphatic carbocycles. The van der Waals surface area contributed by atoms with Crippen LogP contribution in [0.3, 0.4) is 0 Å². The standard InChI is InChI=1S/C18H22FN3O3/c1-17(2,3)16-21-15(22-25-16)13-6-14(12(7-20-13)11-4-5-11)24-10-18(19)8-23-9-18/h6-7,11H,4-5,8-10H2,1-3H3. The van der Waals surface area contributed by atoms with Gasteiger partial charge in [-0.15, -0.1) is 0 Å². The van der Waals surface area contributed by atoms with Crippen molar-refractivity contribution in [3.8, 4) is 17.3 Å². The van der Waals surface area contributed by atoms with E-state index in [1.54, 1.807) is 12.3 Å².